The molecule has 0 saturated heterocycles. The summed E-state index contributed by atoms with van der Waals surface area (Å²) in [5.41, 5.74) is 2.88. The number of aliphatic hydroxyl groups is 1. The average Bonchev–Trinajstić information content (AvgIpc) is 2.99. The number of carbonyl (C=O) groups is 3. The smallest absolute Gasteiger partial charge is 0.243 e. The number of aliphatic hydroxyl groups excluding tert-OH is 1. The topological polar surface area (TPSA) is 105 Å². The molecule has 3 aromatic carbocycles. The van der Waals surface area contributed by atoms with E-state index in [0.717, 1.165) is 24.0 Å². The van der Waals surface area contributed by atoms with Crippen LogP contribution in [0.3, 0.4) is 0 Å². The first-order valence-corrected chi connectivity index (χ1v) is 14.8. The lowest BCUT2D eigenvalue weighted by atomic mass is 9.95. The lowest BCUT2D eigenvalue weighted by Gasteiger charge is -2.28. The molecule has 3 atom stereocenters. The van der Waals surface area contributed by atoms with Crippen LogP contribution in [0.25, 0.3) is 0 Å². The lowest BCUT2D eigenvalue weighted by Crippen LogP contribution is -2.55. The quantitative estimate of drug-likeness (QED) is 0.215. The van der Waals surface area contributed by atoms with Gasteiger partial charge in [0.15, 0.2) is 0 Å². The van der Waals surface area contributed by atoms with Crippen molar-refractivity contribution in [2.75, 3.05) is 7.11 Å². The second kappa shape index (κ2) is 17.1. The zero-order valence-electron chi connectivity index (χ0n) is 24.9. The van der Waals surface area contributed by atoms with Crippen LogP contribution >= 0.6 is 0 Å². The van der Waals surface area contributed by atoms with Crippen LogP contribution in [-0.4, -0.2) is 48.0 Å². The zero-order valence-corrected chi connectivity index (χ0v) is 24.9. The van der Waals surface area contributed by atoms with Gasteiger partial charge in [0.2, 0.25) is 11.8 Å². The Labute approximate surface area is 249 Å². The SMILES string of the molecule is COc1ccccc1CC(=O)N[C@H](C(=O)N[C@@H](Cc1ccccc1)[C@@H](O)CCC(=O)CCCc1ccccc1)C(C)C. The number of ketones is 1. The fourth-order valence-corrected chi connectivity index (χ4v) is 4.97. The predicted octanol–water partition coefficient (Wildman–Crippen LogP) is 4.84. The van der Waals surface area contributed by atoms with E-state index in [0.29, 0.717) is 18.6 Å². The minimum atomic E-state index is -0.927. The molecule has 7 heteroatoms. The van der Waals surface area contributed by atoms with Gasteiger partial charge in [-0.1, -0.05) is 92.7 Å². The molecule has 3 N–H and O–H groups in total. The van der Waals surface area contributed by atoms with Gasteiger partial charge in [-0.3, -0.25) is 14.4 Å². The Bertz CT molecular complexity index is 1260. The zero-order chi connectivity index (χ0) is 30.3. The molecule has 0 aliphatic heterocycles. The molecule has 42 heavy (non-hydrogen) atoms. The lowest BCUT2D eigenvalue weighted by molar-refractivity contribution is -0.130. The van der Waals surface area contributed by atoms with Crippen molar-refractivity contribution in [1.82, 2.24) is 10.6 Å². The molecule has 0 bridgehead atoms. The fourth-order valence-electron chi connectivity index (χ4n) is 4.97. The molecule has 3 aromatic rings. The van der Waals surface area contributed by atoms with E-state index in [1.165, 1.54) is 5.56 Å². The van der Waals surface area contributed by atoms with Crippen molar-refractivity contribution in [3.8, 4) is 5.75 Å². The maximum absolute atomic E-state index is 13.5. The summed E-state index contributed by atoms with van der Waals surface area (Å²) in [6.45, 7) is 3.73. The molecule has 0 spiro atoms. The van der Waals surface area contributed by atoms with Gasteiger partial charge in [0.1, 0.15) is 17.6 Å². The van der Waals surface area contributed by atoms with Crippen molar-refractivity contribution in [2.24, 2.45) is 5.92 Å². The van der Waals surface area contributed by atoms with Crippen LogP contribution in [0.2, 0.25) is 0 Å². The first-order chi connectivity index (χ1) is 20.3. The molecule has 0 heterocycles. The summed E-state index contributed by atoms with van der Waals surface area (Å²) in [5, 5.41) is 17.0. The molecule has 7 nitrogen and oxygen atoms in total. The fraction of sp³-hybridized carbons (Fsp3) is 0.400. The summed E-state index contributed by atoms with van der Waals surface area (Å²) in [6, 6.07) is 25.5. The minimum Gasteiger partial charge on any atom is -0.496 e. The molecule has 0 aromatic heterocycles. The van der Waals surface area contributed by atoms with Crippen LogP contribution in [0.1, 0.15) is 56.2 Å². The highest BCUT2D eigenvalue weighted by molar-refractivity contribution is 5.89. The highest BCUT2D eigenvalue weighted by atomic mass is 16.5. The summed E-state index contributed by atoms with van der Waals surface area (Å²) < 4.78 is 5.35. The van der Waals surface area contributed by atoms with Gasteiger partial charge in [0.05, 0.1) is 25.7 Å². The Hall–Kier alpha value is -3.97. The van der Waals surface area contributed by atoms with Gasteiger partial charge in [0, 0.05) is 18.4 Å². The van der Waals surface area contributed by atoms with E-state index in [1.54, 1.807) is 13.2 Å². The molecule has 224 valence electrons. The molecule has 0 aliphatic rings. The third kappa shape index (κ3) is 10.8. The molecule has 0 unspecified atom stereocenters. The number of carbonyl (C=O) groups excluding carboxylic acids is 3. The Morgan fingerprint density at radius 2 is 1.43 bits per heavy atom. The van der Waals surface area contributed by atoms with Crippen molar-refractivity contribution in [3.05, 3.63) is 102 Å². The van der Waals surface area contributed by atoms with Crippen LogP contribution < -0.4 is 15.4 Å². The first-order valence-electron chi connectivity index (χ1n) is 14.8. The molecular weight excluding hydrogens is 528 g/mol. The van der Waals surface area contributed by atoms with Gasteiger partial charge in [0.25, 0.3) is 0 Å². The molecule has 0 fully saturated rings. The molecule has 0 saturated carbocycles. The van der Waals surface area contributed by atoms with Gasteiger partial charge in [-0.25, -0.2) is 0 Å². The number of methoxy groups -OCH3 is 1. The molecule has 2 amide bonds. The van der Waals surface area contributed by atoms with E-state index in [1.807, 2.05) is 80.6 Å². The van der Waals surface area contributed by atoms with Crippen molar-refractivity contribution >= 4 is 17.6 Å². The Kier molecular flexibility index (Phi) is 13.2. The van der Waals surface area contributed by atoms with Gasteiger partial charge >= 0.3 is 0 Å². The van der Waals surface area contributed by atoms with E-state index in [9.17, 15) is 19.5 Å². The van der Waals surface area contributed by atoms with Gasteiger partial charge in [-0.05, 0) is 48.8 Å². The highest BCUT2D eigenvalue weighted by Crippen LogP contribution is 2.18. The molecule has 3 rings (SSSR count). The maximum atomic E-state index is 13.5. The van der Waals surface area contributed by atoms with Crippen molar-refractivity contribution in [2.45, 2.75) is 77.0 Å². The average molecular weight is 573 g/mol. The van der Waals surface area contributed by atoms with Crippen LogP contribution in [0.5, 0.6) is 5.75 Å². The number of amides is 2. The van der Waals surface area contributed by atoms with Crippen LogP contribution in [0.4, 0.5) is 0 Å². The largest absolute Gasteiger partial charge is 0.496 e. The maximum Gasteiger partial charge on any atom is 0.243 e. The van der Waals surface area contributed by atoms with Gasteiger partial charge in [-0.2, -0.15) is 0 Å². The van der Waals surface area contributed by atoms with E-state index >= 15 is 0 Å². The number of benzene rings is 3. The van der Waals surface area contributed by atoms with E-state index in [4.69, 9.17) is 4.74 Å². The van der Waals surface area contributed by atoms with Crippen LogP contribution in [-0.2, 0) is 33.6 Å². The number of Topliss-reactive ketones (excluding diaryl/α,β-unsaturated/α-hetero) is 1. The second-order valence-electron chi connectivity index (χ2n) is 11.1. The summed E-state index contributed by atoms with van der Waals surface area (Å²) in [4.78, 5) is 39.0. The Morgan fingerprint density at radius 1 is 0.810 bits per heavy atom. The van der Waals surface area contributed by atoms with Crippen molar-refractivity contribution < 1.29 is 24.2 Å². The normalized spacial score (nSPS) is 13.2. The summed E-state index contributed by atoms with van der Waals surface area (Å²) in [7, 11) is 1.55. The van der Waals surface area contributed by atoms with Gasteiger partial charge < -0.3 is 20.5 Å². The second-order valence-corrected chi connectivity index (χ2v) is 11.1. The van der Waals surface area contributed by atoms with E-state index in [2.05, 4.69) is 22.8 Å². The van der Waals surface area contributed by atoms with Crippen molar-refractivity contribution in [3.63, 3.8) is 0 Å². The highest BCUT2D eigenvalue weighted by Gasteiger charge is 2.29. The number of ether oxygens (including phenoxy) is 1. The third-order valence-corrected chi connectivity index (χ3v) is 7.38. The number of hydrogen-bond donors (Lipinski definition) is 3. The van der Waals surface area contributed by atoms with Crippen LogP contribution in [0.15, 0.2) is 84.9 Å². The predicted molar refractivity (Wildman–Crippen MR) is 165 cm³/mol. The molecule has 0 radical (unpaired) electrons. The number of nitrogens with one attached hydrogen (secondary N) is 2. The van der Waals surface area contributed by atoms with E-state index in [-0.39, 0.29) is 42.8 Å². The number of aryl methyl sites for hydroxylation is 1. The third-order valence-electron chi connectivity index (χ3n) is 7.38. The summed E-state index contributed by atoms with van der Waals surface area (Å²) in [5.74, 6) is -0.147. The molecule has 0 aliphatic carbocycles. The summed E-state index contributed by atoms with van der Waals surface area (Å²) in [6.07, 6.45) is 2.07. The monoisotopic (exact) mass is 572 g/mol. The number of hydrogen-bond acceptors (Lipinski definition) is 5. The standard InChI is InChI=1S/C35H44N2O5/c1-25(2)34(37-33(40)24-28-18-10-11-20-32(28)42-3)35(41)36-30(23-27-15-8-5-9-16-27)31(39)22-21-29(38)19-12-17-26-13-6-4-7-14-26/h4-11,13-16,18,20,25,30-31,34,39H,12,17,19,21-24H2,1-3H3,(H,36,41)(H,37,40)/t30-,31-,34-/m0/s1. The minimum absolute atomic E-state index is 0.0724. The Morgan fingerprint density at radius 3 is 2.07 bits per heavy atom. The Balaban J connectivity index is 1.61. The van der Waals surface area contributed by atoms with Crippen LogP contribution in [0, 0.1) is 5.92 Å². The number of para-hydroxylation sites is 1. The molecular formula is C35H44N2O5. The first kappa shape index (κ1) is 32.5. The van der Waals surface area contributed by atoms with E-state index < -0.39 is 18.2 Å². The van der Waals surface area contributed by atoms with Gasteiger partial charge in [-0.15, -0.1) is 0 Å². The summed E-state index contributed by atoms with van der Waals surface area (Å²) >= 11 is 0. The number of rotatable bonds is 17. The van der Waals surface area contributed by atoms with Crippen molar-refractivity contribution in [1.29, 1.82) is 0 Å².